The molecular weight excluding hydrogens is 364 g/mol. The van der Waals surface area contributed by atoms with Crippen molar-refractivity contribution in [2.24, 2.45) is 23.0 Å². The summed E-state index contributed by atoms with van der Waals surface area (Å²) >= 11 is 0. The minimum atomic E-state index is -1.55. The molecule has 0 spiro atoms. The Balaban J connectivity index is 1.95. The first-order valence-corrected chi connectivity index (χ1v) is 9.05. The van der Waals surface area contributed by atoms with E-state index in [1.807, 2.05) is 0 Å². The van der Waals surface area contributed by atoms with Crippen LogP contribution in [-0.4, -0.2) is 32.7 Å². The lowest BCUT2D eigenvalue weighted by Crippen LogP contribution is -2.51. The van der Waals surface area contributed by atoms with E-state index in [1.165, 1.54) is 6.92 Å². The van der Waals surface area contributed by atoms with Crippen LogP contribution in [0, 0.1) is 24.2 Å². The van der Waals surface area contributed by atoms with Gasteiger partial charge in [-0.15, -0.1) is 0 Å². The van der Waals surface area contributed by atoms with E-state index >= 15 is 0 Å². The van der Waals surface area contributed by atoms with E-state index in [-0.39, 0.29) is 23.5 Å². The number of nitrogens with one attached hydrogen (secondary N) is 1. The number of aryl methyl sites for hydroxylation is 1. The molecule has 3 aliphatic carbocycles. The number of aliphatic hydroxyl groups is 2. The number of rotatable bonds is 1. The third-order valence-electron chi connectivity index (χ3n) is 6.40. The van der Waals surface area contributed by atoms with Gasteiger partial charge in [0, 0.05) is 17.7 Å². The van der Waals surface area contributed by atoms with Crippen LogP contribution in [0.5, 0.6) is 0 Å². The number of primary amides is 1. The summed E-state index contributed by atoms with van der Waals surface area (Å²) in [5, 5.41) is 21.5. The number of hydrogen-bond acceptors (Lipinski definition) is 6. The minimum absolute atomic E-state index is 0.0535. The first kappa shape index (κ1) is 18.2. The van der Waals surface area contributed by atoms with Crippen LogP contribution in [0.2, 0.25) is 0 Å². The van der Waals surface area contributed by atoms with Crippen LogP contribution in [0.15, 0.2) is 27.8 Å². The molecule has 1 aromatic rings. The summed E-state index contributed by atoms with van der Waals surface area (Å²) in [5.41, 5.74) is 4.04. The van der Waals surface area contributed by atoms with Gasteiger partial charge in [-0.2, -0.15) is 0 Å². The van der Waals surface area contributed by atoms with Crippen molar-refractivity contribution < 1.29 is 24.6 Å². The third-order valence-corrected chi connectivity index (χ3v) is 6.40. The highest BCUT2D eigenvalue weighted by atomic mass is 16.3. The van der Waals surface area contributed by atoms with Crippen molar-refractivity contribution in [3.8, 4) is 0 Å². The Labute approximate surface area is 159 Å². The molecule has 0 saturated heterocycles. The van der Waals surface area contributed by atoms with E-state index in [2.05, 4.69) is 4.98 Å². The van der Waals surface area contributed by atoms with Gasteiger partial charge in [0.15, 0.2) is 11.6 Å². The molecule has 5 N–H and O–H groups in total. The third kappa shape index (κ3) is 2.17. The zero-order valence-corrected chi connectivity index (χ0v) is 15.5. The first-order valence-electron chi connectivity index (χ1n) is 9.05. The molecule has 28 heavy (non-hydrogen) atoms. The number of ketones is 2. The van der Waals surface area contributed by atoms with Crippen LogP contribution < -0.4 is 11.3 Å². The first-order chi connectivity index (χ1) is 13.1. The number of carbonyl (C=O) groups is 3. The summed E-state index contributed by atoms with van der Waals surface area (Å²) < 4.78 is 0. The molecule has 4 rings (SSSR count). The van der Waals surface area contributed by atoms with E-state index in [0.717, 1.165) is 0 Å². The summed E-state index contributed by atoms with van der Waals surface area (Å²) in [6, 6.07) is 1.76. The lowest BCUT2D eigenvalue weighted by molar-refractivity contribution is -0.134. The van der Waals surface area contributed by atoms with Crippen molar-refractivity contribution in [1.82, 2.24) is 4.98 Å². The Hall–Kier alpha value is -3.16. The van der Waals surface area contributed by atoms with E-state index in [0.29, 0.717) is 24.1 Å². The second-order valence-corrected chi connectivity index (χ2v) is 8.02. The maximum Gasteiger partial charge on any atom is 0.259 e. The molecule has 146 valence electrons. The van der Waals surface area contributed by atoms with Crippen LogP contribution in [0.4, 0.5) is 0 Å². The Kier molecular flexibility index (Phi) is 3.69. The van der Waals surface area contributed by atoms with Gasteiger partial charge < -0.3 is 20.9 Å². The van der Waals surface area contributed by atoms with Gasteiger partial charge >= 0.3 is 0 Å². The number of nitrogens with two attached hydrogens (primary N) is 1. The molecular formula is C20H20N2O6. The summed E-state index contributed by atoms with van der Waals surface area (Å²) in [7, 11) is 0. The molecule has 0 aliphatic heterocycles. The molecule has 1 saturated carbocycles. The molecule has 0 radical (unpaired) electrons. The van der Waals surface area contributed by atoms with Crippen molar-refractivity contribution in [1.29, 1.82) is 0 Å². The lowest BCUT2D eigenvalue weighted by atomic mass is 9.54. The fourth-order valence-electron chi connectivity index (χ4n) is 4.97. The molecule has 3 atom stereocenters. The van der Waals surface area contributed by atoms with Crippen molar-refractivity contribution in [3.63, 3.8) is 0 Å². The Morgan fingerprint density at radius 1 is 1.25 bits per heavy atom. The second kappa shape index (κ2) is 5.67. The molecule has 1 fully saturated rings. The van der Waals surface area contributed by atoms with E-state index in [4.69, 9.17) is 5.73 Å². The zero-order valence-electron chi connectivity index (χ0n) is 15.5. The number of Topliss-reactive ketones (excluding diaryl/α,β-unsaturated/α-hetero) is 2. The van der Waals surface area contributed by atoms with Crippen LogP contribution in [0.3, 0.4) is 0 Å². The highest BCUT2D eigenvalue weighted by Crippen LogP contribution is 2.54. The molecule has 0 aromatic carbocycles. The number of aromatic amines is 1. The summed E-state index contributed by atoms with van der Waals surface area (Å²) in [5.74, 6) is -4.20. The molecule has 3 aliphatic rings. The number of H-pyrrole nitrogens is 1. The minimum Gasteiger partial charge on any atom is -0.510 e. The zero-order chi connectivity index (χ0) is 20.5. The van der Waals surface area contributed by atoms with Gasteiger partial charge in [-0.25, -0.2) is 0 Å². The number of hydrogen-bond donors (Lipinski definition) is 4. The van der Waals surface area contributed by atoms with Crippen LogP contribution >= 0.6 is 0 Å². The Morgan fingerprint density at radius 2 is 1.93 bits per heavy atom. The van der Waals surface area contributed by atoms with Crippen molar-refractivity contribution in [2.45, 2.75) is 33.1 Å². The van der Waals surface area contributed by atoms with Gasteiger partial charge in [-0.05, 0) is 50.2 Å². The molecule has 1 amide bonds. The fraction of sp³-hybridized carbons (Fsp3) is 0.400. The molecule has 8 heteroatoms. The van der Waals surface area contributed by atoms with E-state index in [9.17, 15) is 29.4 Å². The average molecular weight is 384 g/mol. The standard InChI is InChI=1S/C20H20N2O6/c1-7-3-8-4-9-5-10-6-11(23)14(18(21)27)17(26)20(10,2)16(25)12(9)15(24)13(8)19(28)22-7/h3,9-10,24,26H,4-6H2,1-2H3,(H2,21,27)(H,22,28). The summed E-state index contributed by atoms with van der Waals surface area (Å²) in [6.45, 7) is 3.19. The maximum absolute atomic E-state index is 13.4. The average Bonchev–Trinajstić information content (AvgIpc) is 2.57. The van der Waals surface area contributed by atoms with E-state index in [1.54, 1.807) is 13.0 Å². The highest BCUT2D eigenvalue weighted by molar-refractivity contribution is 6.22. The normalized spacial score (nSPS) is 29.4. The smallest absolute Gasteiger partial charge is 0.259 e. The van der Waals surface area contributed by atoms with E-state index < -0.39 is 51.5 Å². The molecule has 3 unspecified atom stereocenters. The van der Waals surface area contributed by atoms with Gasteiger partial charge in [0.05, 0.1) is 11.0 Å². The van der Waals surface area contributed by atoms with Gasteiger partial charge in [-0.3, -0.25) is 19.2 Å². The van der Waals surface area contributed by atoms with Gasteiger partial charge in [0.1, 0.15) is 17.1 Å². The number of amides is 1. The monoisotopic (exact) mass is 384 g/mol. The molecule has 0 bridgehead atoms. The number of aromatic nitrogens is 1. The van der Waals surface area contributed by atoms with Gasteiger partial charge in [0.25, 0.3) is 11.5 Å². The topological polar surface area (TPSA) is 151 Å². The molecule has 1 heterocycles. The predicted molar refractivity (Wildman–Crippen MR) is 98.2 cm³/mol. The van der Waals surface area contributed by atoms with Crippen LogP contribution in [0.1, 0.15) is 36.6 Å². The maximum atomic E-state index is 13.4. The number of pyridine rings is 1. The second-order valence-electron chi connectivity index (χ2n) is 8.02. The summed E-state index contributed by atoms with van der Waals surface area (Å²) in [4.78, 5) is 52.4. The number of allylic oxidation sites excluding steroid dienone is 2. The SMILES string of the molecule is Cc1cc2c(c(=O)[nH]1)C(O)=C1C(=O)C3(C)C(O)=C(C(N)=O)C(=O)CC3CC1C2. The Morgan fingerprint density at radius 3 is 2.57 bits per heavy atom. The van der Waals surface area contributed by atoms with Crippen molar-refractivity contribution in [3.05, 3.63) is 50.1 Å². The van der Waals surface area contributed by atoms with Crippen molar-refractivity contribution >= 4 is 23.2 Å². The fourth-order valence-corrected chi connectivity index (χ4v) is 4.97. The molecule has 1 aromatic heterocycles. The number of fused-ring (bicyclic) bond motifs is 3. The summed E-state index contributed by atoms with van der Waals surface area (Å²) in [6.07, 6.45) is 0.643. The number of aliphatic hydroxyl groups excluding tert-OH is 2. The Bertz CT molecular complexity index is 1090. The van der Waals surface area contributed by atoms with Gasteiger partial charge in [-0.1, -0.05) is 0 Å². The highest BCUT2D eigenvalue weighted by Gasteiger charge is 2.58. The lowest BCUT2D eigenvalue weighted by Gasteiger charge is -2.47. The largest absolute Gasteiger partial charge is 0.510 e. The quantitative estimate of drug-likeness (QED) is 0.530. The van der Waals surface area contributed by atoms with Gasteiger partial charge in [0.2, 0.25) is 0 Å². The number of carbonyl (C=O) groups excluding carboxylic acids is 3. The molecule has 8 nitrogen and oxygen atoms in total. The van der Waals surface area contributed by atoms with Crippen molar-refractivity contribution in [2.75, 3.05) is 0 Å². The van der Waals surface area contributed by atoms with Crippen LogP contribution in [-0.2, 0) is 20.8 Å². The van der Waals surface area contributed by atoms with Crippen LogP contribution in [0.25, 0.3) is 5.76 Å². The predicted octanol–water partition coefficient (Wildman–Crippen LogP) is 0.990.